The van der Waals surface area contributed by atoms with Gasteiger partial charge < -0.3 is 10.2 Å². The minimum absolute atomic E-state index is 0.168. The zero-order valence-electron chi connectivity index (χ0n) is 12.5. The Morgan fingerprint density at radius 3 is 2.73 bits per heavy atom. The average molecular weight is 309 g/mol. The fourth-order valence-corrected chi connectivity index (χ4v) is 2.63. The van der Waals surface area contributed by atoms with Crippen molar-refractivity contribution in [3.8, 4) is 0 Å². The zero-order valence-corrected chi connectivity index (χ0v) is 12.5. The molecule has 7 heteroatoms. The number of nitrogens with one attached hydrogen (secondary N) is 1. The molecule has 1 aliphatic rings. The molecule has 6 nitrogen and oxygen atoms in total. The van der Waals surface area contributed by atoms with Crippen molar-refractivity contribution in [1.29, 1.82) is 0 Å². The third kappa shape index (κ3) is 4.24. The first-order chi connectivity index (χ1) is 10.5. The maximum absolute atomic E-state index is 13.7. The Bertz CT molecular complexity index is 559. The van der Waals surface area contributed by atoms with Crippen molar-refractivity contribution in [2.45, 2.75) is 19.8 Å². The number of nitro groups is 1. The van der Waals surface area contributed by atoms with Gasteiger partial charge in [-0.3, -0.25) is 14.9 Å². The van der Waals surface area contributed by atoms with Crippen molar-refractivity contribution in [2.75, 3.05) is 26.2 Å². The molecule has 1 heterocycles. The fraction of sp³-hybridized carbons (Fsp3) is 0.533. The van der Waals surface area contributed by atoms with Crippen molar-refractivity contribution < 1.29 is 14.1 Å². The number of hydrogen-bond acceptors (Lipinski definition) is 4. The number of hydrogen-bond donors (Lipinski definition) is 1. The summed E-state index contributed by atoms with van der Waals surface area (Å²) in [6, 6.07) is 3.04. The number of nitrogens with zero attached hydrogens (tertiary/aromatic N) is 2. The first-order valence-corrected chi connectivity index (χ1v) is 7.42. The molecule has 2 rings (SSSR count). The molecule has 1 atom stereocenters. The number of benzene rings is 1. The number of nitro benzene ring substituents is 1. The molecule has 1 amide bonds. The summed E-state index contributed by atoms with van der Waals surface area (Å²) in [4.78, 5) is 24.2. The summed E-state index contributed by atoms with van der Waals surface area (Å²) in [7, 11) is 0. The molecule has 0 bridgehead atoms. The van der Waals surface area contributed by atoms with Crippen LogP contribution in [0.5, 0.6) is 0 Å². The first kappa shape index (κ1) is 16.4. The Morgan fingerprint density at radius 2 is 2.14 bits per heavy atom. The second-order valence-electron chi connectivity index (χ2n) is 5.74. The van der Waals surface area contributed by atoms with E-state index in [0.29, 0.717) is 6.54 Å². The van der Waals surface area contributed by atoms with Gasteiger partial charge in [-0.05, 0) is 37.9 Å². The lowest BCUT2D eigenvalue weighted by molar-refractivity contribution is -0.385. The molecule has 0 radical (unpaired) electrons. The van der Waals surface area contributed by atoms with E-state index >= 15 is 0 Å². The van der Waals surface area contributed by atoms with E-state index in [1.165, 1.54) is 12.8 Å². The average Bonchev–Trinajstić information content (AvgIpc) is 2.97. The lowest BCUT2D eigenvalue weighted by Gasteiger charge is -2.20. The molecule has 1 aromatic carbocycles. The molecule has 1 saturated heterocycles. The number of halogens is 1. The maximum atomic E-state index is 13.7. The molecule has 1 N–H and O–H groups in total. The molecule has 1 fully saturated rings. The van der Waals surface area contributed by atoms with Crippen LogP contribution in [0.25, 0.3) is 0 Å². The molecule has 0 aliphatic carbocycles. The van der Waals surface area contributed by atoms with Crippen LogP contribution in [0.3, 0.4) is 0 Å². The number of carbonyl (C=O) groups excluding carboxylic acids is 1. The van der Waals surface area contributed by atoms with Crippen LogP contribution in [-0.2, 0) is 0 Å². The van der Waals surface area contributed by atoms with Crippen LogP contribution in [0.2, 0.25) is 0 Å². The van der Waals surface area contributed by atoms with E-state index in [0.717, 1.165) is 37.8 Å². The summed E-state index contributed by atoms with van der Waals surface area (Å²) >= 11 is 0. The van der Waals surface area contributed by atoms with Crippen LogP contribution < -0.4 is 5.32 Å². The number of amides is 1. The monoisotopic (exact) mass is 309 g/mol. The molecule has 0 saturated carbocycles. The Morgan fingerprint density at radius 1 is 1.45 bits per heavy atom. The topological polar surface area (TPSA) is 75.5 Å². The van der Waals surface area contributed by atoms with Crippen LogP contribution in [0, 0.1) is 21.8 Å². The van der Waals surface area contributed by atoms with E-state index in [9.17, 15) is 19.3 Å². The van der Waals surface area contributed by atoms with Gasteiger partial charge in [0.2, 0.25) is 0 Å². The van der Waals surface area contributed by atoms with Gasteiger partial charge in [0.05, 0.1) is 16.6 Å². The highest BCUT2D eigenvalue weighted by Crippen LogP contribution is 2.16. The summed E-state index contributed by atoms with van der Waals surface area (Å²) in [6.07, 6.45) is 2.43. The van der Waals surface area contributed by atoms with Gasteiger partial charge in [-0.25, -0.2) is 4.39 Å². The van der Waals surface area contributed by atoms with E-state index in [1.807, 2.05) is 6.92 Å². The van der Waals surface area contributed by atoms with Crippen molar-refractivity contribution in [1.82, 2.24) is 10.2 Å². The zero-order chi connectivity index (χ0) is 16.1. The highest BCUT2D eigenvalue weighted by Gasteiger charge is 2.18. The van der Waals surface area contributed by atoms with E-state index in [-0.39, 0.29) is 17.2 Å². The minimum atomic E-state index is -0.876. The molecule has 1 unspecified atom stereocenters. The van der Waals surface area contributed by atoms with Gasteiger partial charge in [-0.15, -0.1) is 0 Å². The molecule has 22 heavy (non-hydrogen) atoms. The predicted molar refractivity (Wildman–Crippen MR) is 80.2 cm³/mol. The molecular formula is C15H20FN3O3. The van der Waals surface area contributed by atoms with Crippen molar-refractivity contribution >= 4 is 11.6 Å². The number of likely N-dealkylation sites (tertiary alicyclic amines) is 1. The van der Waals surface area contributed by atoms with E-state index in [4.69, 9.17) is 0 Å². The highest BCUT2D eigenvalue weighted by molar-refractivity contribution is 5.94. The number of carbonyl (C=O) groups is 1. The largest absolute Gasteiger partial charge is 0.352 e. The summed E-state index contributed by atoms with van der Waals surface area (Å²) in [5.74, 6) is -1.15. The third-order valence-electron chi connectivity index (χ3n) is 3.79. The number of non-ortho nitro benzene ring substituents is 1. The van der Waals surface area contributed by atoms with E-state index < -0.39 is 16.6 Å². The third-order valence-corrected chi connectivity index (χ3v) is 3.79. The Labute approximate surface area is 128 Å². The van der Waals surface area contributed by atoms with Crippen molar-refractivity contribution in [3.05, 3.63) is 39.7 Å². The molecule has 0 aromatic heterocycles. The van der Waals surface area contributed by atoms with E-state index in [1.54, 1.807) is 0 Å². The normalized spacial score (nSPS) is 16.5. The summed E-state index contributed by atoms with van der Waals surface area (Å²) in [5.41, 5.74) is -0.532. The lowest BCUT2D eigenvalue weighted by atomic mass is 10.1. The van der Waals surface area contributed by atoms with Gasteiger partial charge >= 0.3 is 0 Å². The van der Waals surface area contributed by atoms with Crippen LogP contribution in [0.15, 0.2) is 18.2 Å². The quantitative estimate of drug-likeness (QED) is 0.645. The molecular weight excluding hydrogens is 289 g/mol. The second kappa shape index (κ2) is 7.31. The summed E-state index contributed by atoms with van der Waals surface area (Å²) in [6.45, 7) is 5.57. The second-order valence-corrected chi connectivity index (χ2v) is 5.74. The summed E-state index contributed by atoms with van der Waals surface area (Å²) in [5, 5.41) is 13.2. The lowest BCUT2D eigenvalue weighted by Crippen LogP contribution is -2.34. The van der Waals surface area contributed by atoms with E-state index in [2.05, 4.69) is 10.2 Å². The molecule has 120 valence electrons. The van der Waals surface area contributed by atoms with Crippen LogP contribution in [0.1, 0.15) is 30.1 Å². The predicted octanol–water partition coefficient (Wildman–Crippen LogP) is 2.20. The van der Waals surface area contributed by atoms with Crippen LogP contribution in [-0.4, -0.2) is 41.9 Å². The molecule has 1 aromatic rings. The Kier molecular flexibility index (Phi) is 5.43. The van der Waals surface area contributed by atoms with Gasteiger partial charge in [0.25, 0.3) is 11.6 Å². The highest BCUT2D eigenvalue weighted by atomic mass is 19.1. The van der Waals surface area contributed by atoms with Crippen LogP contribution >= 0.6 is 0 Å². The Hall–Kier alpha value is -2.02. The summed E-state index contributed by atoms with van der Waals surface area (Å²) < 4.78 is 13.7. The van der Waals surface area contributed by atoms with Gasteiger partial charge in [0.1, 0.15) is 5.82 Å². The van der Waals surface area contributed by atoms with Crippen molar-refractivity contribution in [3.63, 3.8) is 0 Å². The van der Waals surface area contributed by atoms with Gasteiger partial charge in [-0.1, -0.05) is 6.92 Å². The smallest absolute Gasteiger partial charge is 0.272 e. The number of rotatable bonds is 6. The minimum Gasteiger partial charge on any atom is -0.352 e. The van der Waals surface area contributed by atoms with Gasteiger partial charge in [0, 0.05) is 19.2 Å². The fourth-order valence-electron chi connectivity index (χ4n) is 2.63. The van der Waals surface area contributed by atoms with Crippen LogP contribution in [0.4, 0.5) is 10.1 Å². The Balaban J connectivity index is 1.87. The standard InChI is InChI=1S/C15H20FN3O3/c1-11(10-18-6-2-3-7-18)9-17-15(20)13-5-4-12(19(21)22)8-14(13)16/h4-5,8,11H,2-3,6-7,9-10H2,1H3,(H,17,20). The first-order valence-electron chi connectivity index (χ1n) is 7.42. The van der Waals surface area contributed by atoms with Gasteiger partial charge in [0.15, 0.2) is 0 Å². The SMILES string of the molecule is CC(CNC(=O)c1ccc([N+](=O)[O-])cc1F)CN1CCCC1. The maximum Gasteiger partial charge on any atom is 0.272 e. The van der Waals surface area contributed by atoms with Gasteiger partial charge in [-0.2, -0.15) is 0 Å². The molecule has 0 spiro atoms. The molecule has 1 aliphatic heterocycles. The van der Waals surface area contributed by atoms with Crippen molar-refractivity contribution in [2.24, 2.45) is 5.92 Å².